The summed E-state index contributed by atoms with van der Waals surface area (Å²) in [4.78, 5) is 2.49. The van der Waals surface area contributed by atoms with Gasteiger partial charge in [-0.25, -0.2) is 0 Å². The number of benzene rings is 1. The average Bonchev–Trinajstić information content (AvgIpc) is 2.42. The van der Waals surface area contributed by atoms with Gasteiger partial charge >= 0.3 is 0 Å². The molecule has 1 heterocycles. The molecule has 3 heteroatoms. The van der Waals surface area contributed by atoms with Crippen LogP contribution in [0, 0.1) is 17.2 Å². The number of hydrogen-bond acceptors (Lipinski definition) is 2. The first kappa shape index (κ1) is 13.6. The summed E-state index contributed by atoms with van der Waals surface area (Å²) < 4.78 is 1.22. The maximum Gasteiger partial charge on any atom is 0.0656 e. The predicted octanol–water partition coefficient (Wildman–Crippen LogP) is 3.62. The Morgan fingerprint density at radius 1 is 1.28 bits per heavy atom. The standard InChI is InChI=1S/C15H19BrN2/c16-15-6-2-1-4-14(15)5-3-9-18-10-7-13(12-17)8-11-18/h1-2,4,6,13H,3,5,7-11H2. The summed E-state index contributed by atoms with van der Waals surface area (Å²) in [5.41, 5.74) is 1.39. The van der Waals surface area contributed by atoms with E-state index < -0.39 is 0 Å². The van der Waals surface area contributed by atoms with E-state index in [2.05, 4.69) is 51.2 Å². The van der Waals surface area contributed by atoms with Crippen molar-refractivity contribution in [2.45, 2.75) is 25.7 Å². The average molecular weight is 307 g/mol. The normalized spacial score (nSPS) is 17.6. The Balaban J connectivity index is 1.71. The Labute approximate surface area is 118 Å². The van der Waals surface area contributed by atoms with E-state index in [4.69, 9.17) is 5.26 Å². The van der Waals surface area contributed by atoms with Gasteiger partial charge in [0, 0.05) is 10.4 Å². The largest absolute Gasteiger partial charge is 0.303 e. The highest BCUT2D eigenvalue weighted by molar-refractivity contribution is 9.10. The van der Waals surface area contributed by atoms with Crippen LogP contribution in [0.5, 0.6) is 0 Å². The van der Waals surface area contributed by atoms with Crippen LogP contribution in [0.1, 0.15) is 24.8 Å². The zero-order chi connectivity index (χ0) is 12.8. The van der Waals surface area contributed by atoms with E-state index in [-0.39, 0.29) is 0 Å². The Hall–Kier alpha value is -0.850. The number of rotatable bonds is 4. The molecule has 1 aliphatic heterocycles. The number of piperidine rings is 1. The second-order valence-corrected chi connectivity index (χ2v) is 5.79. The van der Waals surface area contributed by atoms with Gasteiger partial charge in [0.05, 0.1) is 6.07 Å². The van der Waals surface area contributed by atoms with Crippen LogP contribution in [0.2, 0.25) is 0 Å². The number of likely N-dealkylation sites (tertiary alicyclic amines) is 1. The lowest BCUT2D eigenvalue weighted by Crippen LogP contribution is -2.34. The summed E-state index contributed by atoms with van der Waals surface area (Å²) >= 11 is 3.59. The Morgan fingerprint density at radius 3 is 2.67 bits per heavy atom. The van der Waals surface area contributed by atoms with Crippen LogP contribution in [-0.4, -0.2) is 24.5 Å². The maximum absolute atomic E-state index is 8.86. The van der Waals surface area contributed by atoms with Gasteiger partial charge in [0.1, 0.15) is 0 Å². The fourth-order valence-electron chi connectivity index (χ4n) is 2.48. The van der Waals surface area contributed by atoms with Gasteiger partial charge in [0.25, 0.3) is 0 Å². The van der Waals surface area contributed by atoms with Gasteiger partial charge < -0.3 is 4.90 Å². The third kappa shape index (κ3) is 3.83. The summed E-state index contributed by atoms with van der Waals surface area (Å²) in [5, 5.41) is 8.86. The van der Waals surface area contributed by atoms with Gasteiger partial charge in [-0.3, -0.25) is 0 Å². The van der Waals surface area contributed by atoms with E-state index in [0.717, 1.165) is 38.9 Å². The van der Waals surface area contributed by atoms with E-state index >= 15 is 0 Å². The molecular weight excluding hydrogens is 288 g/mol. The molecule has 0 radical (unpaired) electrons. The molecule has 0 atom stereocenters. The molecule has 0 unspecified atom stereocenters. The third-order valence-corrected chi connectivity index (χ3v) is 4.42. The van der Waals surface area contributed by atoms with Crippen molar-refractivity contribution < 1.29 is 0 Å². The summed E-state index contributed by atoms with van der Waals surface area (Å²) in [6.07, 6.45) is 4.41. The molecule has 1 aromatic rings. The lowest BCUT2D eigenvalue weighted by molar-refractivity contribution is 0.204. The van der Waals surface area contributed by atoms with Gasteiger partial charge in [-0.05, 0) is 56.9 Å². The molecule has 1 aromatic carbocycles. The molecule has 0 aromatic heterocycles. The summed E-state index contributed by atoms with van der Waals surface area (Å²) in [7, 11) is 0. The van der Waals surface area contributed by atoms with Crippen LogP contribution in [-0.2, 0) is 6.42 Å². The minimum atomic E-state index is 0.296. The topological polar surface area (TPSA) is 27.0 Å². The first-order chi connectivity index (χ1) is 8.79. The van der Waals surface area contributed by atoms with Gasteiger partial charge in [-0.1, -0.05) is 34.1 Å². The highest BCUT2D eigenvalue weighted by atomic mass is 79.9. The second kappa shape index (κ2) is 6.92. The highest BCUT2D eigenvalue weighted by Crippen LogP contribution is 2.19. The smallest absolute Gasteiger partial charge is 0.0656 e. The third-order valence-electron chi connectivity index (χ3n) is 3.65. The molecule has 0 N–H and O–H groups in total. The summed E-state index contributed by atoms with van der Waals surface area (Å²) in [5.74, 6) is 0.296. The molecule has 1 fully saturated rings. The Bertz CT molecular complexity index is 417. The number of nitrogens with zero attached hydrogens (tertiary/aromatic N) is 2. The highest BCUT2D eigenvalue weighted by Gasteiger charge is 2.17. The van der Waals surface area contributed by atoms with Crippen LogP contribution in [0.3, 0.4) is 0 Å². The fourth-order valence-corrected chi connectivity index (χ4v) is 2.96. The fraction of sp³-hybridized carbons (Fsp3) is 0.533. The summed E-state index contributed by atoms with van der Waals surface area (Å²) in [6, 6.07) is 10.8. The molecule has 18 heavy (non-hydrogen) atoms. The lowest BCUT2D eigenvalue weighted by Gasteiger charge is -2.28. The van der Waals surface area contributed by atoms with E-state index in [1.54, 1.807) is 0 Å². The number of halogens is 1. The van der Waals surface area contributed by atoms with Gasteiger partial charge in [0.15, 0.2) is 0 Å². The molecular formula is C15H19BrN2. The number of hydrogen-bond donors (Lipinski definition) is 0. The summed E-state index contributed by atoms with van der Waals surface area (Å²) in [6.45, 7) is 3.34. The van der Waals surface area contributed by atoms with Crippen molar-refractivity contribution in [3.05, 3.63) is 34.3 Å². The lowest BCUT2D eigenvalue weighted by atomic mass is 9.98. The molecule has 96 valence electrons. The van der Waals surface area contributed by atoms with E-state index in [0.29, 0.717) is 5.92 Å². The SMILES string of the molecule is N#CC1CCN(CCCc2ccccc2Br)CC1. The van der Waals surface area contributed by atoms with E-state index in [1.807, 2.05) is 0 Å². The van der Waals surface area contributed by atoms with Crippen molar-refractivity contribution in [2.75, 3.05) is 19.6 Å². The van der Waals surface area contributed by atoms with Crippen molar-refractivity contribution in [3.63, 3.8) is 0 Å². The quantitative estimate of drug-likeness (QED) is 0.849. The van der Waals surface area contributed by atoms with Crippen LogP contribution in [0.15, 0.2) is 28.7 Å². The minimum Gasteiger partial charge on any atom is -0.303 e. The van der Waals surface area contributed by atoms with Crippen LogP contribution in [0.25, 0.3) is 0 Å². The van der Waals surface area contributed by atoms with Gasteiger partial charge in [-0.2, -0.15) is 5.26 Å². The zero-order valence-electron chi connectivity index (χ0n) is 10.6. The van der Waals surface area contributed by atoms with Crippen molar-refractivity contribution in [1.29, 1.82) is 5.26 Å². The monoisotopic (exact) mass is 306 g/mol. The van der Waals surface area contributed by atoms with Gasteiger partial charge in [-0.15, -0.1) is 0 Å². The van der Waals surface area contributed by atoms with E-state index in [9.17, 15) is 0 Å². The molecule has 1 saturated heterocycles. The Morgan fingerprint density at radius 2 is 2.00 bits per heavy atom. The van der Waals surface area contributed by atoms with Crippen molar-refractivity contribution in [3.8, 4) is 6.07 Å². The van der Waals surface area contributed by atoms with Crippen LogP contribution in [0.4, 0.5) is 0 Å². The van der Waals surface area contributed by atoms with Crippen molar-refractivity contribution in [1.82, 2.24) is 4.90 Å². The van der Waals surface area contributed by atoms with Crippen LogP contribution >= 0.6 is 15.9 Å². The van der Waals surface area contributed by atoms with Gasteiger partial charge in [0.2, 0.25) is 0 Å². The molecule has 0 amide bonds. The number of aryl methyl sites for hydroxylation is 1. The second-order valence-electron chi connectivity index (χ2n) is 4.94. The van der Waals surface area contributed by atoms with E-state index in [1.165, 1.54) is 16.5 Å². The van der Waals surface area contributed by atoms with Crippen LogP contribution < -0.4 is 0 Å². The first-order valence-corrected chi connectivity index (χ1v) is 7.44. The molecule has 0 bridgehead atoms. The molecule has 2 rings (SSSR count). The first-order valence-electron chi connectivity index (χ1n) is 6.65. The molecule has 0 saturated carbocycles. The minimum absolute atomic E-state index is 0.296. The molecule has 1 aliphatic rings. The van der Waals surface area contributed by atoms with Crippen molar-refractivity contribution >= 4 is 15.9 Å². The van der Waals surface area contributed by atoms with Crippen molar-refractivity contribution in [2.24, 2.45) is 5.92 Å². The molecule has 0 aliphatic carbocycles. The molecule has 0 spiro atoms. The maximum atomic E-state index is 8.86. The number of nitriles is 1. The predicted molar refractivity (Wildman–Crippen MR) is 77.2 cm³/mol. The Kier molecular flexibility index (Phi) is 5.22. The molecule has 2 nitrogen and oxygen atoms in total. The zero-order valence-corrected chi connectivity index (χ0v) is 12.2.